The van der Waals surface area contributed by atoms with Crippen molar-refractivity contribution < 1.29 is 4.79 Å². The van der Waals surface area contributed by atoms with Gasteiger partial charge in [0.2, 0.25) is 5.91 Å². The first-order valence-electron chi connectivity index (χ1n) is 5.64. The average Bonchev–Trinajstić information content (AvgIpc) is 2.29. The van der Waals surface area contributed by atoms with Crippen LogP contribution in [0, 0.1) is 0 Å². The van der Waals surface area contributed by atoms with Crippen molar-refractivity contribution in [2.75, 3.05) is 0 Å². The molecule has 1 N–H and O–H groups in total. The molecule has 0 aromatic heterocycles. The molecule has 0 spiro atoms. The SMILES string of the molecule is CCC[C@@H](NC(=O)[C@H](C)Cl)c1ccccc1. The van der Waals surface area contributed by atoms with Gasteiger partial charge in [-0.15, -0.1) is 11.6 Å². The Morgan fingerprint density at radius 2 is 2.00 bits per heavy atom. The van der Waals surface area contributed by atoms with Gasteiger partial charge in [-0.25, -0.2) is 0 Å². The molecule has 2 atom stereocenters. The van der Waals surface area contributed by atoms with Crippen LogP contribution in [-0.2, 0) is 4.79 Å². The van der Waals surface area contributed by atoms with E-state index in [1.54, 1.807) is 6.92 Å². The lowest BCUT2D eigenvalue weighted by atomic mass is 10.0. The van der Waals surface area contributed by atoms with Gasteiger partial charge in [-0.05, 0) is 18.9 Å². The van der Waals surface area contributed by atoms with E-state index < -0.39 is 5.38 Å². The number of benzene rings is 1. The van der Waals surface area contributed by atoms with E-state index in [2.05, 4.69) is 12.2 Å². The van der Waals surface area contributed by atoms with E-state index in [1.807, 2.05) is 30.3 Å². The molecule has 0 aliphatic heterocycles. The van der Waals surface area contributed by atoms with Gasteiger partial charge in [0.25, 0.3) is 0 Å². The quantitative estimate of drug-likeness (QED) is 0.785. The monoisotopic (exact) mass is 239 g/mol. The Balaban J connectivity index is 2.72. The van der Waals surface area contributed by atoms with Crippen molar-refractivity contribution in [1.29, 1.82) is 0 Å². The molecule has 0 bridgehead atoms. The standard InChI is InChI=1S/C13H18ClNO/c1-3-7-12(15-13(16)10(2)14)11-8-5-4-6-9-11/h4-6,8-10,12H,3,7H2,1-2H3,(H,15,16)/t10-,12+/m0/s1. The highest BCUT2D eigenvalue weighted by Gasteiger charge is 2.16. The Hall–Kier alpha value is -1.02. The van der Waals surface area contributed by atoms with Crippen molar-refractivity contribution in [1.82, 2.24) is 5.32 Å². The molecule has 0 saturated carbocycles. The zero-order valence-corrected chi connectivity index (χ0v) is 10.5. The van der Waals surface area contributed by atoms with Gasteiger partial charge in [-0.1, -0.05) is 43.7 Å². The fourth-order valence-corrected chi connectivity index (χ4v) is 1.65. The number of hydrogen-bond acceptors (Lipinski definition) is 1. The number of amides is 1. The maximum absolute atomic E-state index is 11.6. The molecule has 88 valence electrons. The minimum Gasteiger partial charge on any atom is -0.348 e. The molecule has 0 saturated heterocycles. The maximum atomic E-state index is 11.6. The highest BCUT2D eigenvalue weighted by molar-refractivity contribution is 6.30. The molecule has 1 aromatic carbocycles. The zero-order chi connectivity index (χ0) is 12.0. The van der Waals surface area contributed by atoms with Crippen LogP contribution in [-0.4, -0.2) is 11.3 Å². The van der Waals surface area contributed by atoms with Crippen LogP contribution in [0.25, 0.3) is 0 Å². The summed E-state index contributed by atoms with van der Waals surface area (Å²) in [6, 6.07) is 10.1. The predicted octanol–water partition coefficient (Wildman–Crippen LogP) is 3.27. The van der Waals surface area contributed by atoms with Crippen molar-refractivity contribution in [2.24, 2.45) is 0 Å². The predicted molar refractivity (Wildman–Crippen MR) is 67.5 cm³/mol. The summed E-state index contributed by atoms with van der Waals surface area (Å²) in [5, 5.41) is 2.48. The van der Waals surface area contributed by atoms with Gasteiger partial charge in [0.15, 0.2) is 0 Å². The molecule has 0 fully saturated rings. The third-order valence-corrected chi connectivity index (χ3v) is 2.66. The van der Waals surface area contributed by atoms with Gasteiger partial charge in [-0.3, -0.25) is 4.79 Å². The van der Waals surface area contributed by atoms with E-state index in [0.29, 0.717) is 0 Å². The lowest BCUT2D eigenvalue weighted by molar-refractivity contribution is -0.121. The Bertz CT molecular complexity index is 324. The summed E-state index contributed by atoms with van der Waals surface area (Å²) >= 11 is 5.75. The summed E-state index contributed by atoms with van der Waals surface area (Å²) in [6.07, 6.45) is 1.95. The number of carbonyl (C=O) groups excluding carboxylic acids is 1. The minimum absolute atomic E-state index is 0.0694. The summed E-state index contributed by atoms with van der Waals surface area (Å²) in [4.78, 5) is 11.6. The Kier molecular flexibility index (Phi) is 5.33. The number of alkyl halides is 1. The summed E-state index contributed by atoms with van der Waals surface area (Å²) in [6.45, 7) is 3.79. The average molecular weight is 240 g/mol. The van der Waals surface area contributed by atoms with Gasteiger partial charge in [0.1, 0.15) is 5.38 Å². The Morgan fingerprint density at radius 3 is 2.50 bits per heavy atom. The number of hydrogen-bond donors (Lipinski definition) is 1. The van der Waals surface area contributed by atoms with Gasteiger partial charge < -0.3 is 5.32 Å². The minimum atomic E-state index is -0.483. The van der Waals surface area contributed by atoms with Crippen LogP contribution in [0.1, 0.15) is 38.3 Å². The molecule has 16 heavy (non-hydrogen) atoms. The largest absolute Gasteiger partial charge is 0.348 e. The molecule has 0 radical (unpaired) electrons. The van der Waals surface area contributed by atoms with Crippen LogP contribution in [0.5, 0.6) is 0 Å². The number of carbonyl (C=O) groups is 1. The molecule has 3 heteroatoms. The second-order valence-electron chi connectivity index (χ2n) is 3.88. The first-order valence-corrected chi connectivity index (χ1v) is 6.08. The number of rotatable bonds is 5. The molecule has 0 aliphatic carbocycles. The molecule has 1 rings (SSSR count). The van der Waals surface area contributed by atoms with Crippen LogP contribution in [0.15, 0.2) is 30.3 Å². The van der Waals surface area contributed by atoms with Crippen LogP contribution in [0.3, 0.4) is 0 Å². The second-order valence-corrected chi connectivity index (χ2v) is 4.53. The van der Waals surface area contributed by atoms with Crippen molar-refractivity contribution in [2.45, 2.75) is 38.1 Å². The zero-order valence-electron chi connectivity index (χ0n) is 9.74. The molecular weight excluding hydrogens is 222 g/mol. The van der Waals surface area contributed by atoms with Crippen molar-refractivity contribution in [3.05, 3.63) is 35.9 Å². The Morgan fingerprint density at radius 1 is 1.38 bits per heavy atom. The van der Waals surface area contributed by atoms with E-state index in [4.69, 9.17) is 11.6 Å². The van der Waals surface area contributed by atoms with Crippen LogP contribution >= 0.6 is 11.6 Å². The lowest BCUT2D eigenvalue weighted by Gasteiger charge is -2.19. The summed E-state index contributed by atoms with van der Waals surface area (Å²) in [7, 11) is 0. The van der Waals surface area contributed by atoms with E-state index in [1.165, 1.54) is 0 Å². The molecule has 0 heterocycles. The maximum Gasteiger partial charge on any atom is 0.238 e. The third-order valence-electron chi connectivity index (χ3n) is 2.46. The summed E-state index contributed by atoms with van der Waals surface area (Å²) in [5.41, 5.74) is 1.13. The lowest BCUT2D eigenvalue weighted by Crippen LogP contribution is -2.33. The van der Waals surface area contributed by atoms with E-state index >= 15 is 0 Å². The van der Waals surface area contributed by atoms with Crippen LogP contribution in [0.4, 0.5) is 0 Å². The Labute approximate surface area is 102 Å². The highest BCUT2D eigenvalue weighted by Crippen LogP contribution is 2.18. The summed E-state index contributed by atoms with van der Waals surface area (Å²) in [5.74, 6) is -0.107. The highest BCUT2D eigenvalue weighted by atomic mass is 35.5. The molecule has 2 nitrogen and oxygen atoms in total. The molecular formula is C13H18ClNO. The molecule has 1 amide bonds. The second kappa shape index (κ2) is 6.54. The van der Waals surface area contributed by atoms with Gasteiger partial charge >= 0.3 is 0 Å². The molecule has 0 aliphatic rings. The van der Waals surface area contributed by atoms with Crippen molar-refractivity contribution in [3.8, 4) is 0 Å². The molecule has 0 unspecified atom stereocenters. The third kappa shape index (κ3) is 3.86. The first kappa shape index (κ1) is 13.0. The summed E-state index contributed by atoms with van der Waals surface area (Å²) < 4.78 is 0. The smallest absolute Gasteiger partial charge is 0.238 e. The first-order chi connectivity index (χ1) is 7.65. The van der Waals surface area contributed by atoms with E-state index in [9.17, 15) is 4.79 Å². The normalized spacial score (nSPS) is 14.2. The fraction of sp³-hybridized carbons (Fsp3) is 0.462. The van der Waals surface area contributed by atoms with Crippen molar-refractivity contribution in [3.63, 3.8) is 0 Å². The van der Waals surface area contributed by atoms with Gasteiger partial charge in [-0.2, -0.15) is 0 Å². The number of halogens is 1. The topological polar surface area (TPSA) is 29.1 Å². The fourth-order valence-electron chi connectivity index (χ4n) is 1.58. The van der Waals surface area contributed by atoms with Crippen molar-refractivity contribution >= 4 is 17.5 Å². The van der Waals surface area contributed by atoms with Gasteiger partial charge in [0.05, 0.1) is 6.04 Å². The van der Waals surface area contributed by atoms with E-state index in [-0.39, 0.29) is 11.9 Å². The van der Waals surface area contributed by atoms with Crippen LogP contribution in [0.2, 0.25) is 0 Å². The molecule has 1 aromatic rings. The number of nitrogens with one attached hydrogen (secondary N) is 1. The van der Waals surface area contributed by atoms with Gasteiger partial charge in [0, 0.05) is 0 Å². The van der Waals surface area contributed by atoms with Crippen LogP contribution < -0.4 is 5.32 Å². The van der Waals surface area contributed by atoms with E-state index in [0.717, 1.165) is 18.4 Å².